The molecule has 3 rings (SSSR count). The summed E-state index contributed by atoms with van der Waals surface area (Å²) >= 11 is 0. The molecule has 0 unspecified atom stereocenters. The van der Waals surface area contributed by atoms with Gasteiger partial charge >= 0.3 is 0 Å². The number of carbonyl (C=O) groups excluding carboxylic acids is 1. The molecule has 5 heteroatoms. The van der Waals surface area contributed by atoms with Crippen molar-refractivity contribution in [3.8, 4) is 0 Å². The van der Waals surface area contributed by atoms with Crippen LogP contribution < -0.4 is 5.32 Å². The molecule has 1 aromatic carbocycles. The maximum atomic E-state index is 12.3. The van der Waals surface area contributed by atoms with Gasteiger partial charge in [0.05, 0.1) is 11.7 Å². The first-order chi connectivity index (χ1) is 10.9. The second-order valence-electron chi connectivity index (χ2n) is 6.73. The van der Waals surface area contributed by atoms with Crippen LogP contribution in [0.15, 0.2) is 34.7 Å². The van der Waals surface area contributed by atoms with Crippen LogP contribution in [0.3, 0.4) is 0 Å². The molecule has 1 amide bonds. The number of hydrogen-bond acceptors (Lipinski definition) is 4. The Morgan fingerprint density at radius 3 is 2.83 bits per heavy atom. The van der Waals surface area contributed by atoms with E-state index in [-0.39, 0.29) is 24.3 Å². The van der Waals surface area contributed by atoms with E-state index >= 15 is 0 Å². The van der Waals surface area contributed by atoms with Gasteiger partial charge in [-0.1, -0.05) is 32.0 Å². The van der Waals surface area contributed by atoms with E-state index in [0.29, 0.717) is 18.6 Å². The molecule has 1 fully saturated rings. The largest absolute Gasteiger partial charge is 0.451 e. The number of aliphatic hydroxyl groups is 1. The smallest absolute Gasteiger partial charge is 0.287 e. The summed E-state index contributed by atoms with van der Waals surface area (Å²) < 4.78 is 11.2. The van der Waals surface area contributed by atoms with Crippen molar-refractivity contribution >= 4 is 16.9 Å². The number of furan rings is 1. The maximum absolute atomic E-state index is 12.3. The van der Waals surface area contributed by atoms with Gasteiger partial charge in [0, 0.05) is 30.4 Å². The van der Waals surface area contributed by atoms with Crippen molar-refractivity contribution in [1.82, 2.24) is 5.32 Å². The lowest BCUT2D eigenvalue weighted by molar-refractivity contribution is -0.237. The van der Waals surface area contributed by atoms with Crippen molar-refractivity contribution in [1.29, 1.82) is 0 Å². The molecule has 0 bridgehead atoms. The van der Waals surface area contributed by atoms with Gasteiger partial charge in [-0.25, -0.2) is 0 Å². The summed E-state index contributed by atoms with van der Waals surface area (Å²) in [5.74, 6) is -0.0569. The van der Waals surface area contributed by atoms with Crippen molar-refractivity contribution < 1.29 is 19.1 Å². The highest BCUT2D eigenvalue weighted by atomic mass is 16.5. The van der Waals surface area contributed by atoms with Gasteiger partial charge < -0.3 is 19.6 Å². The minimum Gasteiger partial charge on any atom is -0.451 e. The fourth-order valence-corrected chi connectivity index (χ4v) is 3.17. The molecule has 124 valence electrons. The first-order valence-electron chi connectivity index (χ1n) is 7.98. The van der Waals surface area contributed by atoms with Crippen LogP contribution in [-0.2, 0) is 4.74 Å². The van der Waals surface area contributed by atoms with Gasteiger partial charge in [0.25, 0.3) is 5.91 Å². The number of benzene rings is 1. The van der Waals surface area contributed by atoms with E-state index in [4.69, 9.17) is 9.15 Å². The zero-order valence-corrected chi connectivity index (χ0v) is 13.8. The SMILES string of the molecule is CCO[C@H]1C[C@@](O)(CNC(=O)c2cc3ccccc3o2)C1(C)C. The highest BCUT2D eigenvalue weighted by Crippen LogP contribution is 2.50. The molecule has 23 heavy (non-hydrogen) atoms. The summed E-state index contributed by atoms with van der Waals surface area (Å²) in [4.78, 5) is 12.3. The number of amides is 1. The van der Waals surface area contributed by atoms with Crippen LogP contribution in [0.25, 0.3) is 11.0 Å². The minimum absolute atomic E-state index is 0.0144. The van der Waals surface area contributed by atoms with E-state index in [0.717, 1.165) is 5.39 Å². The molecular formula is C18H23NO4. The average molecular weight is 317 g/mol. The van der Waals surface area contributed by atoms with E-state index < -0.39 is 11.0 Å². The quantitative estimate of drug-likeness (QED) is 0.889. The molecule has 5 nitrogen and oxygen atoms in total. The Labute approximate surface area is 135 Å². The molecular weight excluding hydrogens is 294 g/mol. The topological polar surface area (TPSA) is 71.7 Å². The molecule has 1 heterocycles. The second-order valence-corrected chi connectivity index (χ2v) is 6.73. The first kappa shape index (κ1) is 16.0. The number of hydrogen-bond donors (Lipinski definition) is 2. The molecule has 1 aliphatic rings. The highest BCUT2D eigenvalue weighted by molar-refractivity contribution is 5.96. The number of rotatable bonds is 5. The molecule has 1 aromatic heterocycles. The van der Waals surface area contributed by atoms with Crippen molar-refractivity contribution in [2.45, 2.75) is 38.9 Å². The fraction of sp³-hybridized carbons (Fsp3) is 0.500. The zero-order valence-electron chi connectivity index (χ0n) is 13.8. The molecule has 2 atom stereocenters. The Morgan fingerprint density at radius 2 is 2.17 bits per heavy atom. The van der Waals surface area contributed by atoms with E-state index in [1.165, 1.54) is 0 Å². The summed E-state index contributed by atoms with van der Waals surface area (Å²) in [6.45, 7) is 6.67. The first-order valence-corrected chi connectivity index (χ1v) is 7.98. The fourth-order valence-electron chi connectivity index (χ4n) is 3.17. The van der Waals surface area contributed by atoms with Crippen molar-refractivity contribution in [2.24, 2.45) is 5.41 Å². The Bertz CT molecular complexity index is 688. The van der Waals surface area contributed by atoms with Crippen LogP contribution in [0, 0.1) is 5.41 Å². The van der Waals surface area contributed by atoms with Crippen LogP contribution in [0.5, 0.6) is 0 Å². The van der Waals surface area contributed by atoms with Crippen molar-refractivity contribution in [3.05, 3.63) is 36.1 Å². The minimum atomic E-state index is -0.964. The van der Waals surface area contributed by atoms with Crippen LogP contribution in [0.1, 0.15) is 37.7 Å². The van der Waals surface area contributed by atoms with E-state index in [2.05, 4.69) is 5.32 Å². The van der Waals surface area contributed by atoms with Gasteiger partial charge in [-0.15, -0.1) is 0 Å². The number of carbonyl (C=O) groups is 1. The Balaban J connectivity index is 1.65. The molecule has 0 aliphatic heterocycles. The van der Waals surface area contributed by atoms with Gasteiger partial charge in [0.15, 0.2) is 5.76 Å². The Morgan fingerprint density at radius 1 is 1.43 bits per heavy atom. The molecule has 1 saturated carbocycles. The number of ether oxygens (including phenoxy) is 1. The monoisotopic (exact) mass is 317 g/mol. The molecule has 2 aromatic rings. The lowest BCUT2D eigenvalue weighted by atomic mass is 9.56. The third-order valence-electron chi connectivity index (χ3n) is 5.09. The van der Waals surface area contributed by atoms with Gasteiger partial charge in [0.2, 0.25) is 0 Å². The predicted octanol–water partition coefficient (Wildman–Crippen LogP) is 2.73. The standard InChI is InChI=1S/C18H23NO4/c1-4-22-15-10-18(21,17(15,2)3)11-19-16(20)14-9-12-7-5-6-8-13(12)23-14/h5-9,15,21H,4,10-11H2,1-3H3,(H,19,20)/t15-,18+/m0/s1. The van der Waals surface area contributed by atoms with Crippen LogP contribution >= 0.6 is 0 Å². The normalized spacial score (nSPS) is 26.0. The van der Waals surface area contributed by atoms with Gasteiger partial charge in [-0.05, 0) is 19.1 Å². The molecule has 0 saturated heterocycles. The molecule has 1 aliphatic carbocycles. The molecule has 0 spiro atoms. The van der Waals surface area contributed by atoms with E-state index in [1.54, 1.807) is 6.07 Å². The van der Waals surface area contributed by atoms with Crippen molar-refractivity contribution in [2.75, 3.05) is 13.2 Å². The number of para-hydroxylation sites is 1. The molecule has 2 N–H and O–H groups in total. The summed E-state index contributed by atoms with van der Waals surface area (Å²) in [6, 6.07) is 9.18. The van der Waals surface area contributed by atoms with Crippen molar-refractivity contribution in [3.63, 3.8) is 0 Å². The van der Waals surface area contributed by atoms with Gasteiger partial charge in [-0.2, -0.15) is 0 Å². The molecule has 0 radical (unpaired) electrons. The van der Waals surface area contributed by atoms with Gasteiger partial charge in [-0.3, -0.25) is 4.79 Å². The second kappa shape index (κ2) is 5.65. The zero-order chi connectivity index (χ0) is 16.7. The predicted molar refractivity (Wildman–Crippen MR) is 87.3 cm³/mol. The van der Waals surface area contributed by atoms with Crippen LogP contribution in [-0.4, -0.2) is 35.9 Å². The third-order valence-corrected chi connectivity index (χ3v) is 5.09. The van der Waals surface area contributed by atoms with Crippen LogP contribution in [0.4, 0.5) is 0 Å². The number of nitrogens with one attached hydrogen (secondary N) is 1. The summed E-state index contributed by atoms with van der Waals surface area (Å²) in [7, 11) is 0. The van der Waals surface area contributed by atoms with E-state index in [1.807, 2.05) is 45.0 Å². The van der Waals surface area contributed by atoms with E-state index in [9.17, 15) is 9.90 Å². The average Bonchev–Trinajstić information content (AvgIpc) is 2.96. The summed E-state index contributed by atoms with van der Waals surface area (Å²) in [5, 5.41) is 14.4. The lowest BCUT2D eigenvalue weighted by Gasteiger charge is -2.57. The summed E-state index contributed by atoms with van der Waals surface area (Å²) in [5.41, 5.74) is -0.685. The highest BCUT2D eigenvalue weighted by Gasteiger charge is 2.59. The van der Waals surface area contributed by atoms with Crippen LogP contribution in [0.2, 0.25) is 0 Å². The maximum Gasteiger partial charge on any atom is 0.287 e. The van der Waals surface area contributed by atoms with Gasteiger partial charge in [0.1, 0.15) is 5.58 Å². The Hall–Kier alpha value is -1.85. The third kappa shape index (κ3) is 2.64. The number of fused-ring (bicyclic) bond motifs is 1. The Kier molecular flexibility index (Phi) is 3.94. The lowest BCUT2D eigenvalue weighted by Crippen LogP contribution is -2.68. The summed E-state index contributed by atoms with van der Waals surface area (Å²) in [6.07, 6.45) is 0.537.